The molecule has 0 bridgehead atoms. The van der Waals surface area contributed by atoms with Crippen molar-refractivity contribution in [3.8, 4) is 11.1 Å². The minimum absolute atomic E-state index is 0.0388. The molecule has 0 heterocycles. The molecule has 9 heteroatoms. The Hall–Kier alpha value is -3.88. The Kier molecular flexibility index (Phi) is 13.9. The molecule has 41 heavy (non-hydrogen) atoms. The number of carbonyl (C=O) groups is 4. The van der Waals surface area contributed by atoms with Crippen LogP contribution in [0.1, 0.15) is 53.0 Å². The quantitative estimate of drug-likeness (QED) is 0.199. The van der Waals surface area contributed by atoms with E-state index in [0.717, 1.165) is 23.1 Å². The van der Waals surface area contributed by atoms with Gasteiger partial charge in [0.1, 0.15) is 12.6 Å². The van der Waals surface area contributed by atoms with E-state index < -0.39 is 29.9 Å². The Labute approximate surface area is 243 Å². The topological polar surface area (TPSA) is 125 Å². The number of ether oxygens (including phenoxy) is 1. The number of carboxylic acids is 1. The normalized spacial score (nSPS) is 12.5. The van der Waals surface area contributed by atoms with Gasteiger partial charge in [-0.3, -0.25) is 9.59 Å². The molecule has 0 aliphatic rings. The SMILES string of the molecule is CC(=O)NCCOC(=O)[C@@H](CCC(C)C)CN(CC(C)C)C(=O)N[C@@H](Cc1ccc(-c2ccccc2)cc1)C(=O)O. The van der Waals surface area contributed by atoms with Gasteiger partial charge in [-0.25, -0.2) is 9.59 Å². The first-order chi connectivity index (χ1) is 19.5. The summed E-state index contributed by atoms with van der Waals surface area (Å²) in [7, 11) is 0. The lowest BCUT2D eigenvalue weighted by molar-refractivity contribution is -0.149. The van der Waals surface area contributed by atoms with Crippen molar-refractivity contribution in [1.82, 2.24) is 15.5 Å². The maximum atomic E-state index is 13.4. The van der Waals surface area contributed by atoms with Crippen LogP contribution in [-0.2, 0) is 25.5 Å². The van der Waals surface area contributed by atoms with Crippen LogP contribution in [0.15, 0.2) is 54.6 Å². The zero-order valence-corrected chi connectivity index (χ0v) is 24.9. The summed E-state index contributed by atoms with van der Waals surface area (Å²) in [5, 5.41) is 15.2. The maximum absolute atomic E-state index is 13.4. The van der Waals surface area contributed by atoms with Crippen LogP contribution in [0.2, 0.25) is 0 Å². The van der Waals surface area contributed by atoms with E-state index in [1.54, 1.807) is 0 Å². The molecule has 0 fully saturated rings. The lowest BCUT2D eigenvalue weighted by atomic mass is 9.97. The third-order valence-corrected chi connectivity index (χ3v) is 6.56. The van der Waals surface area contributed by atoms with Crippen LogP contribution in [0.4, 0.5) is 4.79 Å². The third kappa shape index (κ3) is 12.4. The zero-order valence-electron chi connectivity index (χ0n) is 24.9. The average molecular weight is 568 g/mol. The van der Waals surface area contributed by atoms with Crippen LogP contribution in [0.3, 0.4) is 0 Å². The lowest BCUT2D eigenvalue weighted by Gasteiger charge is -2.30. The summed E-state index contributed by atoms with van der Waals surface area (Å²) in [6, 6.07) is 15.8. The fourth-order valence-electron chi connectivity index (χ4n) is 4.40. The fourth-order valence-corrected chi connectivity index (χ4v) is 4.40. The molecule has 0 aliphatic heterocycles. The van der Waals surface area contributed by atoms with Gasteiger partial charge in [-0.05, 0) is 34.9 Å². The van der Waals surface area contributed by atoms with E-state index in [1.165, 1.54) is 11.8 Å². The Bertz CT molecular complexity index is 1120. The van der Waals surface area contributed by atoms with E-state index >= 15 is 0 Å². The van der Waals surface area contributed by atoms with Gasteiger partial charge in [-0.15, -0.1) is 0 Å². The molecule has 0 radical (unpaired) electrons. The second-order valence-electron chi connectivity index (χ2n) is 11.2. The van der Waals surface area contributed by atoms with E-state index in [0.29, 0.717) is 18.9 Å². The highest BCUT2D eigenvalue weighted by Gasteiger charge is 2.29. The van der Waals surface area contributed by atoms with Crippen molar-refractivity contribution >= 4 is 23.9 Å². The predicted octanol–water partition coefficient (Wildman–Crippen LogP) is 4.75. The summed E-state index contributed by atoms with van der Waals surface area (Å²) < 4.78 is 5.41. The smallest absolute Gasteiger partial charge is 0.326 e. The number of nitrogens with zero attached hydrogens (tertiary/aromatic N) is 1. The fraction of sp³-hybridized carbons (Fsp3) is 0.500. The minimum atomic E-state index is -1.14. The Morgan fingerprint density at radius 3 is 2.05 bits per heavy atom. The van der Waals surface area contributed by atoms with Crippen LogP contribution in [0, 0.1) is 17.8 Å². The number of aliphatic carboxylic acids is 1. The minimum Gasteiger partial charge on any atom is -0.480 e. The van der Waals surface area contributed by atoms with Crippen molar-refractivity contribution in [2.24, 2.45) is 17.8 Å². The Morgan fingerprint density at radius 1 is 0.854 bits per heavy atom. The molecule has 0 unspecified atom stereocenters. The first-order valence-corrected chi connectivity index (χ1v) is 14.3. The largest absolute Gasteiger partial charge is 0.480 e. The van der Waals surface area contributed by atoms with E-state index in [1.807, 2.05) is 68.4 Å². The molecule has 2 aromatic carbocycles. The van der Waals surface area contributed by atoms with Gasteiger partial charge in [0.15, 0.2) is 0 Å². The molecule has 0 saturated heterocycles. The van der Waals surface area contributed by atoms with Gasteiger partial charge in [0.2, 0.25) is 5.91 Å². The van der Waals surface area contributed by atoms with E-state index in [2.05, 4.69) is 24.5 Å². The number of amides is 3. The van der Waals surface area contributed by atoms with Crippen LogP contribution in [0.25, 0.3) is 11.1 Å². The number of urea groups is 1. The Balaban J connectivity index is 2.12. The van der Waals surface area contributed by atoms with Gasteiger partial charge < -0.3 is 25.4 Å². The highest BCUT2D eigenvalue weighted by Crippen LogP contribution is 2.20. The first-order valence-electron chi connectivity index (χ1n) is 14.3. The summed E-state index contributed by atoms with van der Waals surface area (Å²) in [5.74, 6) is -1.92. The number of hydrogen-bond donors (Lipinski definition) is 3. The average Bonchev–Trinajstić information content (AvgIpc) is 2.92. The van der Waals surface area contributed by atoms with Crippen LogP contribution >= 0.6 is 0 Å². The maximum Gasteiger partial charge on any atom is 0.326 e. The number of rotatable bonds is 16. The van der Waals surface area contributed by atoms with Gasteiger partial charge >= 0.3 is 18.0 Å². The summed E-state index contributed by atoms with van der Waals surface area (Å²) in [4.78, 5) is 51.1. The number of benzene rings is 2. The molecule has 3 amide bonds. The molecule has 3 N–H and O–H groups in total. The Morgan fingerprint density at radius 2 is 1.49 bits per heavy atom. The van der Waals surface area contributed by atoms with Crippen LogP contribution in [-0.4, -0.2) is 66.2 Å². The van der Waals surface area contributed by atoms with Gasteiger partial charge in [0.05, 0.1) is 12.5 Å². The van der Waals surface area contributed by atoms with Crippen LogP contribution in [0.5, 0.6) is 0 Å². The van der Waals surface area contributed by atoms with Crippen molar-refractivity contribution in [3.63, 3.8) is 0 Å². The summed E-state index contributed by atoms with van der Waals surface area (Å²) in [6.07, 6.45) is 1.40. The van der Waals surface area contributed by atoms with Crippen molar-refractivity contribution in [2.75, 3.05) is 26.2 Å². The van der Waals surface area contributed by atoms with Gasteiger partial charge in [-0.1, -0.05) is 88.7 Å². The standard InChI is InChI=1S/C32H45N3O6/c1-22(2)11-14-28(31(39)41-18-17-33-24(5)36)21-35(20-23(3)4)32(40)34-29(30(37)38)19-25-12-15-27(16-13-25)26-9-7-6-8-10-26/h6-10,12-13,15-16,22-23,28-29H,11,14,17-21H2,1-5H3,(H,33,36)(H,34,40)(H,37,38)/t28-,29-/m0/s1. The summed E-state index contributed by atoms with van der Waals surface area (Å²) in [6.45, 7) is 10.1. The molecule has 9 nitrogen and oxygen atoms in total. The molecule has 2 rings (SSSR count). The molecule has 2 aromatic rings. The summed E-state index contributed by atoms with van der Waals surface area (Å²) in [5.41, 5.74) is 2.86. The third-order valence-electron chi connectivity index (χ3n) is 6.56. The van der Waals surface area contributed by atoms with Gasteiger partial charge in [-0.2, -0.15) is 0 Å². The second kappa shape index (κ2) is 17.0. The highest BCUT2D eigenvalue weighted by molar-refractivity contribution is 5.83. The van der Waals surface area contributed by atoms with Crippen molar-refractivity contribution in [2.45, 2.75) is 59.9 Å². The molecule has 0 aromatic heterocycles. The lowest BCUT2D eigenvalue weighted by Crippen LogP contribution is -2.51. The van der Waals surface area contributed by atoms with Gasteiger partial charge in [0, 0.05) is 26.4 Å². The molecular formula is C32H45N3O6. The molecule has 224 valence electrons. The van der Waals surface area contributed by atoms with Gasteiger partial charge in [0.25, 0.3) is 0 Å². The van der Waals surface area contributed by atoms with Crippen molar-refractivity contribution in [3.05, 3.63) is 60.2 Å². The highest BCUT2D eigenvalue weighted by atomic mass is 16.5. The first kappa shape index (κ1) is 33.3. The van der Waals surface area contributed by atoms with Crippen LogP contribution < -0.4 is 10.6 Å². The molecule has 0 saturated carbocycles. The molecule has 0 spiro atoms. The predicted molar refractivity (Wildman–Crippen MR) is 159 cm³/mol. The number of carbonyl (C=O) groups excluding carboxylic acids is 3. The monoisotopic (exact) mass is 567 g/mol. The number of nitrogens with one attached hydrogen (secondary N) is 2. The van der Waals surface area contributed by atoms with Crippen molar-refractivity contribution < 1.29 is 29.0 Å². The van der Waals surface area contributed by atoms with Crippen molar-refractivity contribution in [1.29, 1.82) is 0 Å². The summed E-state index contributed by atoms with van der Waals surface area (Å²) >= 11 is 0. The van der Waals surface area contributed by atoms with E-state index in [4.69, 9.17) is 4.74 Å². The number of carboxylic acid groups (broad SMARTS) is 1. The molecular weight excluding hydrogens is 522 g/mol. The second-order valence-corrected chi connectivity index (χ2v) is 11.2. The van der Waals surface area contributed by atoms with E-state index in [9.17, 15) is 24.3 Å². The number of esters is 1. The van der Waals surface area contributed by atoms with E-state index in [-0.39, 0.29) is 37.9 Å². The molecule has 2 atom stereocenters. The number of hydrogen-bond acceptors (Lipinski definition) is 5. The molecule has 0 aliphatic carbocycles. The zero-order chi connectivity index (χ0) is 30.4.